The number of morpholine rings is 1. The summed E-state index contributed by atoms with van der Waals surface area (Å²) in [4.78, 5) is 26.4. The Morgan fingerprint density at radius 2 is 1.68 bits per heavy atom. The second-order valence-corrected chi connectivity index (χ2v) is 6.68. The number of nitrogens with zero attached hydrogens (tertiary/aromatic N) is 1. The molecule has 1 aliphatic rings. The van der Waals surface area contributed by atoms with Crippen LogP contribution in [0.5, 0.6) is 0 Å². The van der Waals surface area contributed by atoms with Gasteiger partial charge in [-0.2, -0.15) is 0 Å². The number of amides is 2. The number of carbonyl (C=O) groups is 2. The first-order chi connectivity index (χ1) is 11.3. The largest absolute Gasteiger partial charge is 0.372 e. The zero-order valence-corrected chi connectivity index (χ0v) is 16.0. The van der Waals surface area contributed by atoms with E-state index in [0.29, 0.717) is 24.3 Å². The topological polar surface area (TPSA) is 84.7 Å². The molecule has 1 aromatic rings. The van der Waals surface area contributed by atoms with Crippen molar-refractivity contribution in [1.82, 2.24) is 4.90 Å². The van der Waals surface area contributed by atoms with Crippen molar-refractivity contribution in [3.63, 3.8) is 0 Å². The lowest BCUT2D eigenvalue weighted by atomic mass is 10.0. The van der Waals surface area contributed by atoms with Crippen molar-refractivity contribution in [2.45, 2.75) is 45.9 Å². The number of anilines is 1. The van der Waals surface area contributed by atoms with E-state index in [1.54, 1.807) is 38.1 Å². The first-order valence-electron chi connectivity index (χ1n) is 8.39. The number of rotatable bonds is 4. The van der Waals surface area contributed by atoms with Crippen LogP contribution < -0.4 is 11.1 Å². The van der Waals surface area contributed by atoms with Crippen LogP contribution in [-0.4, -0.2) is 48.1 Å². The molecular weight excluding hydrogens is 342 g/mol. The summed E-state index contributed by atoms with van der Waals surface area (Å²) >= 11 is 0. The summed E-state index contributed by atoms with van der Waals surface area (Å²) in [5.74, 6) is -0.415. The summed E-state index contributed by atoms with van der Waals surface area (Å²) in [6.07, 6.45) is 0.0759. The van der Waals surface area contributed by atoms with Crippen LogP contribution in [0.2, 0.25) is 0 Å². The van der Waals surface area contributed by atoms with Crippen LogP contribution >= 0.6 is 12.4 Å². The molecule has 3 N–H and O–H groups in total. The number of nitrogens with two attached hydrogens (primary N) is 1. The van der Waals surface area contributed by atoms with E-state index in [2.05, 4.69) is 5.32 Å². The number of carbonyl (C=O) groups excluding carboxylic acids is 2. The van der Waals surface area contributed by atoms with Crippen molar-refractivity contribution in [2.24, 2.45) is 11.7 Å². The summed E-state index contributed by atoms with van der Waals surface area (Å²) < 4.78 is 5.66. The van der Waals surface area contributed by atoms with Gasteiger partial charge in [-0.15, -0.1) is 12.4 Å². The fourth-order valence-electron chi connectivity index (χ4n) is 2.72. The van der Waals surface area contributed by atoms with Gasteiger partial charge in [0.05, 0.1) is 18.1 Å². The van der Waals surface area contributed by atoms with Crippen LogP contribution in [-0.2, 0) is 9.53 Å². The molecular formula is C18H28ClN3O3. The highest BCUT2D eigenvalue weighted by molar-refractivity contribution is 5.96. The predicted octanol–water partition coefficient (Wildman–Crippen LogP) is 2.28. The van der Waals surface area contributed by atoms with E-state index < -0.39 is 0 Å². The number of ether oxygens (including phenoxy) is 1. The lowest BCUT2D eigenvalue weighted by Gasteiger charge is -2.35. The highest BCUT2D eigenvalue weighted by atomic mass is 35.5. The summed E-state index contributed by atoms with van der Waals surface area (Å²) in [7, 11) is 0. The predicted molar refractivity (Wildman–Crippen MR) is 101 cm³/mol. The van der Waals surface area contributed by atoms with Gasteiger partial charge in [-0.1, -0.05) is 6.92 Å². The highest BCUT2D eigenvalue weighted by Crippen LogP contribution is 2.17. The molecule has 0 spiro atoms. The molecule has 7 heteroatoms. The molecule has 140 valence electrons. The first kappa shape index (κ1) is 21.4. The van der Waals surface area contributed by atoms with Crippen LogP contribution in [0, 0.1) is 5.92 Å². The zero-order chi connectivity index (χ0) is 17.9. The Kier molecular flexibility index (Phi) is 7.86. The zero-order valence-electron chi connectivity index (χ0n) is 15.2. The van der Waals surface area contributed by atoms with E-state index in [0.717, 1.165) is 0 Å². The molecule has 0 radical (unpaired) electrons. The molecule has 25 heavy (non-hydrogen) atoms. The summed E-state index contributed by atoms with van der Waals surface area (Å²) in [6.45, 7) is 8.71. The van der Waals surface area contributed by atoms with Crippen LogP contribution in [0.15, 0.2) is 24.3 Å². The summed E-state index contributed by atoms with van der Waals surface area (Å²) in [5.41, 5.74) is 7.00. The quantitative estimate of drug-likeness (QED) is 0.852. The van der Waals surface area contributed by atoms with Gasteiger partial charge in [0.1, 0.15) is 0 Å². The maximum atomic E-state index is 12.6. The number of benzene rings is 1. The van der Waals surface area contributed by atoms with Crippen LogP contribution in [0.25, 0.3) is 0 Å². The van der Waals surface area contributed by atoms with E-state index in [9.17, 15) is 9.59 Å². The van der Waals surface area contributed by atoms with E-state index in [-0.39, 0.29) is 48.4 Å². The molecule has 0 aromatic heterocycles. The van der Waals surface area contributed by atoms with Gasteiger partial charge in [0.25, 0.3) is 5.91 Å². The van der Waals surface area contributed by atoms with E-state index in [1.165, 1.54) is 0 Å². The normalized spacial score (nSPS) is 22.5. The lowest BCUT2D eigenvalue weighted by molar-refractivity contribution is -0.119. The molecule has 1 aromatic carbocycles. The Morgan fingerprint density at radius 3 is 2.16 bits per heavy atom. The van der Waals surface area contributed by atoms with Gasteiger partial charge in [0, 0.05) is 30.4 Å². The number of hydrogen-bond acceptors (Lipinski definition) is 4. The first-order valence-corrected chi connectivity index (χ1v) is 8.39. The molecule has 4 atom stereocenters. The van der Waals surface area contributed by atoms with Gasteiger partial charge in [-0.05, 0) is 45.0 Å². The minimum Gasteiger partial charge on any atom is -0.372 e. The second kappa shape index (κ2) is 9.17. The van der Waals surface area contributed by atoms with Gasteiger partial charge >= 0.3 is 0 Å². The van der Waals surface area contributed by atoms with Crippen LogP contribution in [0.1, 0.15) is 38.1 Å². The third-order valence-corrected chi connectivity index (χ3v) is 4.31. The smallest absolute Gasteiger partial charge is 0.254 e. The van der Waals surface area contributed by atoms with Crippen molar-refractivity contribution in [2.75, 3.05) is 18.4 Å². The summed E-state index contributed by atoms with van der Waals surface area (Å²) in [6, 6.07) is 6.74. The van der Waals surface area contributed by atoms with Crippen molar-refractivity contribution in [3.05, 3.63) is 29.8 Å². The molecule has 1 saturated heterocycles. The van der Waals surface area contributed by atoms with Gasteiger partial charge in [-0.25, -0.2) is 0 Å². The molecule has 1 aliphatic heterocycles. The lowest BCUT2D eigenvalue weighted by Crippen LogP contribution is -2.48. The average molecular weight is 370 g/mol. The third-order valence-electron chi connectivity index (χ3n) is 4.31. The molecule has 2 amide bonds. The van der Waals surface area contributed by atoms with Gasteiger partial charge < -0.3 is 20.7 Å². The Balaban J connectivity index is 0.00000312. The molecule has 1 heterocycles. The molecule has 0 saturated carbocycles. The Morgan fingerprint density at radius 1 is 1.16 bits per heavy atom. The van der Waals surface area contributed by atoms with E-state index in [4.69, 9.17) is 10.5 Å². The molecule has 1 fully saturated rings. The standard InChI is InChI=1S/C18H27N3O3.ClH/c1-11-9-21(10-12(2)24-11)18(23)15-5-7-16(8-6-15)20-17(22)13(3)14(4)19;/h5-8,11-14H,9-10,19H2,1-4H3,(H,20,22);1H. The van der Waals surface area contributed by atoms with Crippen LogP contribution in [0.4, 0.5) is 5.69 Å². The fourth-order valence-corrected chi connectivity index (χ4v) is 2.72. The molecule has 0 bridgehead atoms. The number of halogens is 1. The molecule has 2 rings (SSSR count). The van der Waals surface area contributed by atoms with E-state index in [1.807, 2.05) is 18.7 Å². The second-order valence-electron chi connectivity index (χ2n) is 6.68. The number of hydrogen-bond donors (Lipinski definition) is 2. The SMILES string of the molecule is CC1CN(C(=O)c2ccc(NC(=O)C(C)C(C)N)cc2)CC(C)O1.Cl. The minimum atomic E-state index is -0.275. The minimum absolute atomic E-state index is 0. The van der Waals surface area contributed by atoms with Gasteiger partial charge in [0.2, 0.25) is 5.91 Å². The van der Waals surface area contributed by atoms with Gasteiger partial charge in [-0.3, -0.25) is 9.59 Å². The van der Waals surface area contributed by atoms with Crippen molar-refractivity contribution in [1.29, 1.82) is 0 Å². The van der Waals surface area contributed by atoms with Gasteiger partial charge in [0.15, 0.2) is 0 Å². The highest BCUT2D eigenvalue weighted by Gasteiger charge is 2.26. The maximum Gasteiger partial charge on any atom is 0.254 e. The fraction of sp³-hybridized carbons (Fsp3) is 0.556. The molecule has 0 aliphatic carbocycles. The summed E-state index contributed by atoms with van der Waals surface area (Å²) in [5, 5.41) is 2.82. The van der Waals surface area contributed by atoms with Crippen LogP contribution in [0.3, 0.4) is 0 Å². The van der Waals surface area contributed by atoms with Crippen molar-refractivity contribution >= 4 is 29.9 Å². The number of nitrogens with one attached hydrogen (secondary N) is 1. The van der Waals surface area contributed by atoms with Crippen molar-refractivity contribution in [3.8, 4) is 0 Å². The Labute approximate surface area is 155 Å². The maximum absolute atomic E-state index is 12.6. The monoisotopic (exact) mass is 369 g/mol. The average Bonchev–Trinajstić information content (AvgIpc) is 2.53. The van der Waals surface area contributed by atoms with Crippen molar-refractivity contribution < 1.29 is 14.3 Å². The Bertz CT molecular complexity index is 582. The third kappa shape index (κ3) is 5.70. The molecule has 4 unspecified atom stereocenters. The Hall–Kier alpha value is -1.63. The molecule has 6 nitrogen and oxygen atoms in total. The van der Waals surface area contributed by atoms with E-state index >= 15 is 0 Å².